The third-order valence-corrected chi connectivity index (χ3v) is 2.98. The number of urea groups is 1. The molecular formula is C12H16ClFN2O2. The number of hydrogen-bond acceptors (Lipinski definition) is 2. The first-order chi connectivity index (χ1) is 8.43. The van der Waals surface area contributed by atoms with Crippen LogP contribution in [0.5, 0.6) is 0 Å². The number of halogens is 2. The molecule has 0 aliphatic carbocycles. The van der Waals surface area contributed by atoms with Crippen LogP contribution in [0.15, 0.2) is 18.2 Å². The van der Waals surface area contributed by atoms with Crippen molar-refractivity contribution in [2.45, 2.75) is 19.9 Å². The number of carbonyl (C=O) groups is 1. The molecule has 0 aromatic heterocycles. The molecule has 2 amide bonds. The van der Waals surface area contributed by atoms with Crippen molar-refractivity contribution >= 4 is 23.3 Å². The van der Waals surface area contributed by atoms with Crippen LogP contribution in [0.2, 0.25) is 5.02 Å². The molecule has 1 aromatic carbocycles. The highest BCUT2D eigenvalue weighted by Crippen LogP contribution is 2.18. The number of benzene rings is 1. The molecule has 0 saturated carbocycles. The predicted molar refractivity (Wildman–Crippen MR) is 69.3 cm³/mol. The maximum Gasteiger partial charge on any atom is 0.319 e. The van der Waals surface area contributed by atoms with Crippen LogP contribution in [0.3, 0.4) is 0 Å². The van der Waals surface area contributed by atoms with Crippen molar-refractivity contribution < 1.29 is 14.3 Å². The molecule has 4 nitrogen and oxygen atoms in total. The first-order valence-corrected chi connectivity index (χ1v) is 5.95. The minimum absolute atomic E-state index is 0.00299. The number of carbonyl (C=O) groups excluding carboxylic acids is 1. The molecule has 1 rings (SSSR count). The van der Waals surface area contributed by atoms with E-state index in [-0.39, 0.29) is 23.6 Å². The molecule has 0 aliphatic heterocycles. The highest BCUT2D eigenvalue weighted by Gasteiger charge is 2.14. The molecule has 0 heterocycles. The summed E-state index contributed by atoms with van der Waals surface area (Å²) in [6.07, 6.45) is 0. The summed E-state index contributed by atoms with van der Waals surface area (Å²) in [5, 5.41) is 14.1. The first-order valence-electron chi connectivity index (χ1n) is 5.57. The second-order valence-corrected chi connectivity index (χ2v) is 4.58. The van der Waals surface area contributed by atoms with E-state index in [4.69, 9.17) is 16.7 Å². The second kappa shape index (κ2) is 6.56. The molecule has 100 valence electrons. The van der Waals surface area contributed by atoms with Gasteiger partial charge >= 0.3 is 6.03 Å². The lowest BCUT2D eigenvalue weighted by atomic mass is 10.1. The molecule has 0 unspecified atom stereocenters. The smallest absolute Gasteiger partial charge is 0.319 e. The Morgan fingerprint density at radius 1 is 1.50 bits per heavy atom. The average molecular weight is 275 g/mol. The maximum atomic E-state index is 13.1. The van der Waals surface area contributed by atoms with Gasteiger partial charge in [0, 0.05) is 18.3 Å². The largest absolute Gasteiger partial charge is 0.396 e. The summed E-state index contributed by atoms with van der Waals surface area (Å²) in [6, 6.07) is 3.37. The van der Waals surface area contributed by atoms with E-state index < -0.39 is 11.8 Å². The number of nitrogens with one attached hydrogen (secondary N) is 2. The van der Waals surface area contributed by atoms with Gasteiger partial charge in [0.2, 0.25) is 0 Å². The van der Waals surface area contributed by atoms with Gasteiger partial charge in [-0.1, -0.05) is 18.5 Å². The molecule has 0 radical (unpaired) electrons. The average Bonchev–Trinajstić information content (AvgIpc) is 2.32. The maximum absolute atomic E-state index is 13.1. The molecule has 0 saturated heterocycles. The SMILES string of the molecule is C[C@H](NC(=O)Nc1ccc(Cl)c(F)c1)[C@@H](C)CO. The van der Waals surface area contributed by atoms with Crippen LogP contribution in [0.4, 0.5) is 14.9 Å². The molecule has 2 atom stereocenters. The Hall–Kier alpha value is -1.33. The van der Waals surface area contributed by atoms with Gasteiger partial charge in [-0.25, -0.2) is 9.18 Å². The summed E-state index contributed by atoms with van der Waals surface area (Å²) in [5.74, 6) is -0.649. The molecule has 18 heavy (non-hydrogen) atoms. The molecule has 0 spiro atoms. The van der Waals surface area contributed by atoms with Gasteiger partial charge in [0.05, 0.1) is 5.02 Å². The third kappa shape index (κ3) is 4.16. The quantitative estimate of drug-likeness (QED) is 0.790. The minimum atomic E-state index is -0.591. The highest BCUT2D eigenvalue weighted by atomic mass is 35.5. The van der Waals surface area contributed by atoms with Crippen molar-refractivity contribution in [2.75, 3.05) is 11.9 Å². The minimum Gasteiger partial charge on any atom is -0.396 e. The first kappa shape index (κ1) is 14.7. The van der Waals surface area contributed by atoms with E-state index in [1.165, 1.54) is 12.1 Å². The van der Waals surface area contributed by atoms with Gasteiger partial charge in [-0.05, 0) is 31.0 Å². The van der Waals surface area contributed by atoms with Gasteiger partial charge in [-0.2, -0.15) is 0 Å². The van der Waals surface area contributed by atoms with Crippen LogP contribution < -0.4 is 10.6 Å². The Labute approximate surface area is 110 Å². The number of aliphatic hydroxyl groups is 1. The number of amides is 2. The van der Waals surface area contributed by atoms with Crippen LogP contribution in [-0.2, 0) is 0 Å². The molecule has 0 bridgehead atoms. The van der Waals surface area contributed by atoms with E-state index in [9.17, 15) is 9.18 Å². The Bertz CT molecular complexity index is 429. The van der Waals surface area contributed by atoms with E-state index in [1.807, 2.05) is 6.92 Å². The van der Waals surface area contributed by atoms with Crippen LogP contribution >= 0.6 is 11.6 Å². The van der Waals surface area contributed by atoms with E-state index in [0.717, 1.165) is 6.07 Å². The lowest BCUT2D eigenvalue weighted by Crippen LogP contribution is -2.40. The van der Waals surface area contributed by atoms with Gasteiger partial charge in [0.15, 0.2) is 0 Å². The molecule has 6 heteroatoms. The van der Waals surface area contributed by atoms with Gasteiger partial charge < -0.3 is 15.7 Å². The predicted octanol–water partition coefficient (Wildman–Crippen LogP) is 2.62. The topological polar surface area (TPSA) is 61.4 Å². The molecule has 0 aliphatic rings. The van der Waals surface area contributed by atoms with Crippen molar-refractivity contribution in [3.8, 4) is 0 Å². The zero-order valence-corrected chi connectivity index (χ0v) is 11.0. The van der Waals surface area contributed by atoms with Crippen molar-refractivity contribution in [1.82, 2.24) is 5.32 Å². The summed E-state index contributed by atoms with van der Waals surface area (Å²) in [5.41, 5.74) is 0.318. The normalized spacial score (nSPS) is 13.8. The third-order valence-electron chi connectivity index (χ3n) is 2.68. The number of rotatable bonds is 4. The van der Waals surface area contributed by atoms with Crippen molar-refractivity contribution in [2.24, 2.45) is 5.92 Å². The van der Waals surface area contributed by atoms with Crippen LogP contribution in [-0.4, -0.2) is 23.8 Å². The summed E-state index contributed by atoms with van der Waals surface area (Å²) in [6.45, 7) is 3.58. The lowest BCUT2D eigenvalue weighted by molar-refractivity contribution is 0.204. The fourth-order valence-corrected chi connectivity index (χ4v) is 1.37. The lowest BCUT2D eigenvalue weighted by Gasteiger charge is -2.19. The Morgan fingerprint density at radius 2 is 2.17 bits per heavy atom. The molecule has 1 aromatic rings. The fraction of sp³-hybridized carbons (Fsp3) is 0.417. The monoisotopic (exact) mass is 274 g/mol. The van der Waals surface area contributed by atoms with E-state index in [1.54, 1.807) is 6.92 Å². The van der Waals surface area contributed by atoms with Gasteiger partial charge in [-0.15, -0.1) is 0 Å². The molecule has 3 N–H and O–H groups in total. The van der Waals surface area contributed by atoms with Crippen molar-refractivity contribution in [3.05, 3.63) is 29.0 Å². The number of anilines is 1. The van der Waals surface area contributed by atoms with E-state index in [0.29, 0.717) is 5.69 Å². The molecule has 0 fully saturated rings. The molecular weight excluding hydrogens is 259 g/mol. The van der Waals surface area contributed by atoms with Crippen molar-refractivity contribution in [3.63, 3.8) is 0 Å². The van der Waals surface area contributed by atoms with Crippen molar-refractivity contribution in [1.29, 1.82) is 0 Å². The summed E-state index contributed by atoms with van der Waals surface area (Å²) >= 11 is 5.53. The zero-order chi connectivity index (χ0) is 13.7. The van der Waals surface area contributed by atoms with E-state index in [2.05, 4.69) is 10.6 Å². The summed E-state index contributed by atoms with van der Waals surface area (Å²) in [4.78, 5) is 11.6. The summed E-state index contributed by atoms with van der Waals surface area (Å²) in [7, 11) is 0. The Balaban J connectivity index is 2.57. The number of aliphatic hydroxyl groups excluding tert-OH is 1. The Kier molecular flexibility index (Phi) is 5.37. The van der Waals surface area contributed by atoms with Gasteiger partial charge in [-0.3, -0.25) is 0 Å². The zero-order valence-electron chi connectivity index (χ0n) is 10.2. The standard InChI is InChI=1S/C12H16ClFN2O2/c1-7(6-17)8(2)15-12(18)16-9-3-4-10(13)11(14)5-9/h3-5,7-8,17H,6H2,1-2H3,(H2,15,16,18)/t7-,8-/m0/s1. The van der Waals surface area contributed by atoms with Crippen LogP contribution in [0.1, 0.15) is 13.8 Å². The summed E-state index contributed by atoms with van der Waals surface area (Å²) < 4.78 is 13.1. The van der Waals surface area contributed by atoms with Gasteiger partial charge in [0.1, 0.15) is 5.82 Å². The second-order valence-electron chi connectivity index (χ2n) is 4.18. The van der Waals surface area contributed by atoms with Gasteiger partial charge in [0.25, 0.3) is 0 Å². The highest BCUT2D eigenvalue weighted by molar-refractivity contribution is 6.30. The van der Waals surface area contributed by atoms with Crippen LogP contribution in [0.25, 0.3) is 0 Å². The fourth-order valence-electron chi connectivity index (χ4n) is 1.25. The Morgan fingerprint density at radius 3 is 2.72 bits per heavy atom. The van der Waals surface area contributed by atoms with E-state index >= 15 is 0 Å². The number of hydrogen-bond donors (Lipinski definition) is 3. The van der Waals surface area contributed by atoms with Crippen LogP contribution in [0, 0.1) is 11.7 Å².